The number of thiazole rings is 1. The lowest BCUT2D eigenvalue weighted by molar-refractivity contribution is -0.121. The van der Waals surface area contributed by atoms with Crippen molar-refractivity contribution in [2.24, 2.45) is 5.92 Å². The van der Waals surface area contributed by atoms with Gasteiger partial charge in [0, 0.05) is 35.0 Å². The number of anilines is 1. The quantitative estimate of drug-likeness (QED) is 0.631. The van der Waals surface area contributed by atoms with E-state index in [9.17, 15) is 9.59 Å². The van der Waals surface area contributed by atoms with Crippen LogP contribution < -0.4 is 5.32 Å². The van der Waals surface area contributed by atoms with Gasteiger partial charge >= 0.3 is 0 Å². The number of carbonyl (C=O) groups is 2. The Bertz CT molecular complexity index is 962. The molecule has 0 saturated carbocycles. The third-order valence-corrected chi connectivity index (χ3v) is 6.65. The second kappa shape index (κ2) is 8.43. The average molecular weight is 432 g/mol. The van der Waals surface area contributed by atoms with Crippen LogP contribution in [0.4, 0.5) is 5.13 Å². The van der Waals surface area contributed by atoms with Crippen LogP contribution >= 0.6 is 34.3 Å². The lowest BCUT2D eigenvalue weighted by atomic mass is 9.95. The van der Waals surface area contributed by atoms with E-state index >= 15 is 0 Å². The standard InChI is InChI=1S/C20H18ClN3O2S2/c21-15-5-3-14(4-6-15)19(26)24-9-7-13(8-10-24)18(25)23-20-22-16(12-28-20)17-2-1-11-27-17/h1-6,11-13H,7-10H2,(H,22,23,25). The van der Waals surface area contributed by atoms with E-state index < -0.39 is 0 Å². The topological polar surface area (TPSA) is 62.3 Å². The van der Waals surface area contributed by atoms with E-state index in [0.29, 0.717) is 41.6 Å². The molecule has 1 aliphatic heterocycles. The van der Waals surface area contributed by atoms with Gasteiger partial charge in [-0.05, 0) is 48.6 Å². The highest BCUT2D eigenvalue weighted by Gasteiger charge is 2.28. The van der Waals surface area contributed by atoms with Crippen LogP contribution in [0.5, 0.6) is 0 Å². The number of rotatable bonds is 4. The molecule has 0 aliphatic carbocycles. The van der Waals surface area contributed by atoms with Crippen molar-refractivity contribution in [1.29, 1.82) is 0 Å². The third kappa shape index (κ3) is 4.27. The van der Waals surface area contributed by atoms with Gasteiger partial charge < -0.3 is 10.2 Å². The Labute approximate surface area is 176 Å². The fourth-order valence-corrected chi connectivity index (χ4v) is 4.80. The zero-order chi connectivity index (χ0) is 19.5. The van der Waals surface area contributed by atoms with Crippen LogP contribution in [0.15, 0.2) is 47.2 Å². The number of thiophene rings is 1. The van der Waals surface area contributed by atoms with Crippen molar-refractivity contribution in [2.45, 2.75) is 12.8 Å². The molecule has 28 heavy (non-hydrogen) atoms. The summed E-state index contributed by atoms with van der Waals surface area (Å²) in [6.07, 6.45) is 1.29. The first-order valence-corrected chi connectivity index (χ1v) is 11.1. The van der Waals surface area contributed by atoms with E-state index in [4.69, 9.17) is 11.6 Å². The van der Waals surface area contributed by atoms with Gasteiger partial charge in [-0.3, -0.25) is 9.59 Å². The Morgan fingerprint density at radius 2 is 1.86 bits per heavy atom. The zero-order valence-electron chi connectivity index (χ0n) is 14.9. The van der Waals surface area contributed by atoms with Crippen molar-refractivity contribution in [2.75, 3.05) is 18.4 Å². The molecule has 0 radical (unpaired) electrons. The number of nitrogens with zero attached hydrogens (tertiary/aromatic N) is 2. The molecule has 3 aromatic rings. The van der Waals surface area contributed by atoms with E-state index in [1.807, 2.05) is 22.9 Å². The number of nitrogens with one attached hydrogen (secondary N) is 1. The summed E-state index contributed by atoms with van der Waals surface area (Å²) in [6, 6.07) is 10.9. The van der Waals surface area contributed by atoms with Gasteiger partial charge in [0.1, 0.15) is 0 Å². The highest BCUT2D eigenvalue weighted by Crippen LogP contribution is 2.29. The van der Waals surface area contributed by atoms with Crippen LogP contribution in [-0.4, -0.2) is 34.8 Å². The number of halogens is 1. The van der Waals surface area contributed by atoms with Gasteiger partial charge in [-0.15, -0.1) is 22.7 Å². The summed E-state index contributed by atoms with van der Waals surface area (Å²) in [7, 11) is 0. The second-order valence-corrected chi connectivity index (χ2v) is 8.82. The minimum Gasteiger partial charge on any atom is -0.339 e. The normalized spacial score (nSPS) is 14.8. The lowest BCUT2D eigenvalue weighted by Gasteiger charge is -2.31. The van der Waals surface area contributed by atoms with Crippen LogP contribution in [0.3, 0.4) is 0 Å². The van der Waals surface area contributed by atoms with Crippen LogP contribution in [-0.2, 0) is 4.79 Å². The predicted octanol–water partition coefficient (Wildman–Crippen LogP) is 5.02. The third-order valence-electron chi connectivity index (χ3n) is 4.75. The average Bonchev–Trinajstić information content (AvgIpc) is 3.40. The summed E-state index contributed by atoms with van der Waals surface area (Å²) >= 11 is 8.94. The minimum atomic E-state index is -0.108. The van der Waals surface area contributed by atoms with E-state index in [1.54, 1.807) is 40.5 Å². The van der Waals surface area contributed by atoms with E-state index in [-0.39, 0.29) is 17.7 Å². The summed E-state index contributed by atoms with van der Waals surface area (Å²) in [6.45, 7) is 1.13. The molecular weight excluding hydrogens is 414 g/mol. The Hall–Kier alpha value is -2.22. The molecule has 144 valence electrons. The number of piperidine rings is 1. The zero-order valence-corrected chi connectivity index (χ0v) is 17.3. The molecule has 2 aromatic heterocycles. The molecule has 1 fully saturated rings. The Kier molecular flexibility index (Phi) is 5.75. The molecule has 2 amide bonds. The Morgan fingerprint density at radius 1 is 1.11 bits per heavy atom. The number of amides is 2. The summed E-state index contributed by atoms with van der Waals surface area (Å²) in [5, 5.41) is 8.12. The fourth-order valence-electron chi connectivity index (χ4n) is 3.20. The molecular formula is C20H18ClN3O2S2. The summed E-state index contributed by atoms with van der Waals surface area (Å²) in [5.74, 6) is -0.148. The van der Waals surface area contributed by atoms with Crippen LogP contribution in [0, 0.1) is 5.92 Å². The van der Waals surface area contributed by atoms with E-state index in [0.717, 1.165) is 10.6 Å². The summed E-state index contributed by atoms with van der Waals surface area (Å²) in [4.78, 5) is 32.5. The van der Waals surface area contributed by atoms with E-state index in [2.05, 4.69) is 10.3 Å². The van der Waals surface area contributed by atoms with Gasteiger partial charge in [0.2, 0.25) is 5.91 Å². The van der Waals surface area contributed by atoms with Crippen molar-refractivity contribution < 1.29 is 9.59 Å². The number of aromatic nitrogens is 1. The maximum Gasteiger partial charge on any atom is 0.253 e. The van der Waals surface area contributed by atoms with Crippen molar-refractivity contribution >= 4 is 51.2 Å². The number of hydrogen-bond acceptors (Lipinski definition) is 5. The predicted molar refractivity (Wildman–Crippen MR) is 114 cm³/mol. The smallest absolute Gasteiger partial charge is 0.253 e. The molecule has 1 aliphatic rings. The van der Waals surface area contributed by atoms with Crippen LogP contribution in [0.25, 0.3) is 10.6 Å². The molecule has 0 unspecified atom stereocenters. The minimum absolute atomic E-state index is 0.0176. The first-order valence-electron chi connectivity index (χ1n) is 8.95. The molecule has 1 saturated heterocycles. The highest BCUT2D eigenvalue weighted by atomic mass is 35.5. The van der Waals surface area contributed by atoms with Gasteiger partial charge in [-0.25, -0.2) is 4.98 Å². The molecule has 4 rings (SSSR count). The van der Waals surface area contributed by atoms with Crippen molar-refractivity contribution in [3.63, 3.8) is 0 Å². The molecule has 8 heteroatoms. The summed E-state index contributed by atoms with van der Waals surface area (Å²) < 4.78 is 0. The molecule has 0 bridgehead atoms. The van der Waals surface area contributed by atoms with Crippen molar-refractivity contribution in [3.8, 4) is 10.6 Å². The number of carbonyl (C=O) groups excluding carboxylic acids is 2. The van der Waals surface area contributed by atoms with Crippen molar-refractivity contribution in [1.82, 2.24) is 9.88 Å². The molecule has 0 spiro atoms. The molecule has 1 aromatic carbocycles. The molecule has 0 atom stereocenters. The second-order valence-electron chi connectivity index (χ2n) is 6.58. The maximum absolute atomic E-state index is 12.6. The monoisotopic (exact) mass is 431 g/mol. The molecule has 1 N–H and O–H groups in total. The Balaban J connectivity index is 1.31. The maximum atomic E-state index is 12.6. The van der Waals surface area contributed by atoms with Gasteiger partial charge in [0.25, 0.3) is 5.91 Å². The van der Waals surface area contributed by atoms with Gasteiger partial charge in [0.15, 0.2) is 5.13 Å². The largest absolute Gasteiger partial charge is 0.339 e. The number of hydrogen-bond donors (Lipinski definition) is 1. The van der Waals surface area contributed by atoms with E-state index in [1.165, 1.54) is 11.3 Å². The lowest BCUT2D eigenvalue weighted by Crippen LogP contribution is -2.41. The number of likely N-dealkylation sites (tertiary alicyclic amines) is 1. The van der Waals surface area contributed by atoms with Gasteiger partial charge in [-0.2, -0.15) is 0 Å². The van der Waals surface area contributed by atoms with Crippen molar-refractivity contribution in [3.05, 3.63) is 57.7 Å². The SMILES string of the molecule is O=C(Nc1nc(-c2cccs2)cs1)C1CCN(C(=O)c2ccc(Cl)cc2)CC1. The first kappa shape index (κ1) is 19.1. The molecule has 3 heterocycles. The van der Waals surface area contributed by atoms with Gasteiger partial charge in [-0.1, -0.05) is 17.7 Å². The highest BCUT2D eigenvalue weighted by molar-refractivity contribution is 7.16. The fraction of sp³-hybridized carbons (Fsp3) is 0.250. The van der Waals surface area contributed by atoms with Gasteiger partial charge in [0.05, 0.1) is 10.6 Å². The van der Waals surface area contributed by atoms with Crippen LogP contribution in [0.2, 0.25) is 5.02 Å². The number of benzene rings is 1. The molecule has 5 nitrogen and oxygen atoms in total. The Morgan fingerprint density at radius 3 is 2.54 bits per heavy atom. The first-order chi connectivity index (χ1) is 13.6. The summed E-state index contributed by atoms with van der Waals surface area (Å²) in [5.41, 5.74) is 1.51. The van der Waals surface area contributed by atoms with Crippen LogP contribution in [0.1, 0.15) is 23.2 Å².